The molecule has 19 heavy (non-hydrogen) atoms. The fourth-order valence-corrected chi connectivity index (χ4v) is 1.96. The van der Waals surface area contributed by atoms with Gasteiger partial charge in [-0.3, -0.25) is 0 Å². The van der Waals surface area contributed by atoms with Gasteiger partial charge in [0.15, 0.2) is 0 Å². The van der Waals surface area contributed by atoms with Gasteiger partial charge >= 0.3 is 6.09 Å². The third kappa shape index (κ3) is 2.60. The van der Waals surface area contributed by atoms with Crippen molar-refractivity contribution in [1.29, 1.82) is 5.26 Å². The minimum Gasteiger partial charge on any atom is -0.443 e. The maximum absolute atomic E-state index is 12.2. The summed E-state index contributed by atoms with van der Waals surface area (Å²) in [6.07, 6.45) is -0.421. The molecule has 0 radical (unpaired) electrons. The second-order valence-electron chi connectivity index (χ2n) is 5.49. The van der Waals surface area contributed by atoms with Crippen LogP contribution in [0, 0.1) is 18.3 Å². The Morgan fingerprint density at radius 2 is 2.00 bits per heavy atom. The molecule has 0 aliphatic rings. The summed E-state index contributed by atoms with van der Waals surface area (Å²) >= 11 is 0. The topological polar surface area (TPSA) is 55.0 Å². The second kappa shape index (κ2) is 4.43. The number of rotatable bonds is 0. The Kier molecular flexibility index (Phi) is 3.07. The minimum atomic E-state index is -0.549. The van der Waals surface area contributed by atoms with E-state index in [1.807, 2.05) is 39.8 Å². The Balaban J connectivity index is 2.56. The highest BCUT2D eigenvalue weighted by molar-refractivity contribution is 5.91. The first-order chi connectivity index (χ1) is 8.81. The first kappa shape index (κ1) is 13.2. The third-order valence-electron chi connectivity index (χ3n) is 2.69. The average molecular weight is 256 g/mol. The van der Waals surface area contributed by atoms with Gasteiger partial charge in [-0.15, -0.1) is 0 Å². The van der Waals surface area contributed by atoms with Gasteiger partial charge in [0.05, 0.1) is 17.1 Å². The van der Waals surface area contributed by atoms with E-state index in [1.54, 1.807) is 12.1 Å². The van der Waals surface area contributed by atoms with Crippen molar-refractivity contribution in [1.82, 2.24) is 4.57 Å². The van der Waals surface area contributed by atoms with E-state index in [1.165, 1.54) is 4.57 Å². The van der Waals surface area contributed by atoms with E-state index in [4.69, 9.17) is 10.00 Å². The summed E-state index contributed by atoms with van der Waals surface area (Å²) in [7, 11) is 0. The molecule has 0 spiro atoms. The van der Waals surface area contributed by atoms with Crippen molar-refractivity contribution < 1.29 is 9.53 Å². The minimum absolute atomic E-state index is 0.421. The standard InChI is InChI=1S/C15H16N2O2/c1-10-7-12-6-5-11(9-16)8-13(12)17(10)14(18)19-15(2,3)4/h5-8H,1-4H3. The van der Waals surface area contributed by atoms with Gasteiger partial charge in [-0.1, -0.05) is 6.07 Å². The summed E-state index contributed by atoms with van der Waals surface area (Å²) in [4.78, 5) is 12.2. The SMILES string of the molecule is Cc1cc2ccc(C#N)cc2n1C(=O)OC(C)(C)C. The number of nitrogens with zero attached hydrogens (tertiary/aromatic N) is 2. The van der Waals surface area contributed by atoms with Gasteiger partial charge in [0.1, 0.15) is 5.60 Å². The molecule has 0 N–H and O–H groups in total. The Morgan fingerprint density at radius 3 is 2.58 bits per heavy atom. The van der Waals surface area contributed by atoms with Gasteiger partial charge in [0.2, 0.25) is 0 Å². The Labute approximate surface area is 112 Å². The molecule has 0 aliphatic carbocycles. The van der Waals surface area contributed by atoms with Gasteiger partial charge in [-0.2, -0.15) is 5.26 Å². The number of aromatic nitrogens is 1. The first-order valence-electron chi connectivity index (χ1n) is 6.07. The van der Waals surface area contributed by atoms with Crippen molar-refractivity contribution in [3.05, 3.63) is 35.5 Å². The highest BCUT2D eigenvalue weighted by atomic mass is 16.6. The Morgan fingerprint density at radius 1 is 1.32 bits per heavy atom. The van der Waals surface area contributed by atoms with Gasteiger partial charge in [0, 0.05) is 11.1 Å². The quantitative estimate of drug-likeness (QED) is 0.723. The lowest BCUT2D eigenvalue weighted by molar-refractivity contribution is 0.0542. The van der Waals surface area contributed by atoms with Gasteiger partial charge in [0.25, 0.3) is 0 Å². The number of fused-ring (bicyclic) bond motifs is 1. The predicted octanol–water partition coefficient (Wildman–Crippen LogP) is 3.60. The van der Waals surface area contributed by atoms with Crippen LogP contribution in [-0.4, -0.2) is 16.3 Å². The normalized spacial score (nSPS) is 11.3. The van der Waals surface area contributed by atoms with E-state index in [2.05, 4.69) is 6.07 Å². The van der Waals surface area contributed by atoms with Crippen molar-refractivity contribution in [3.63, 3.8) is 0 Å². The van der Waals surface area contributed by atoms with Crippen molar-refractivity contribution >= 4 is 17.0 Å². The molecule has 1 aromatic carbocycles. The lowest BCUT2D eigenvalue weighted by Gasteiger charge is -2.20. The zero-order valence-corrected chi connectivity index (χ0v) is 11.5. The van der Waals surface area contributed by atoms with E-state index >= 15 is 0 Å². The van der Waals surface area contributed by atoms with Crippen LogP contribution >= 0.6 is 0 Å². The van der Waals surface area contributed by atoms with Crippen LogP contribution in [0.15, 0.2) is 24.3 Å². The summed E-state index contributed by atoms with van der Waals surface area (Å²) < 4.78 is 6.89. The molecule has 0 saturated heterocycles. The van der Waals surface area contributed by atoms with Crippen molar-refractivity contribution in [3.8, 4) is 6.07 Å². The number of benzene rings is 1. The van der Waals surface area contributed by atoms with Crippen LogP contribution in [0.2, 0.25) is 0 Å². The Hall–Kier alpha value is -2.28. The number of aryl methyl sites for hydroxylation is 1. The van der Waals surface area contributed by atoms with Crippen LogP contribution in [0.3, 0.4) is 0 Å². The molecule has 1 heterocycles. The fraction of sp³-hybridized carbons (Fsp3) is 0.333. The third-order valence-corrected chi connectivity index (χ3v) is 2.69. The smallest absolute Gasteiger partial charge is 0.419 e. The average Bonchev–Trinajstić information content (AvgIpc) is 2.61. The molecule has 4 nitrogen and oxygen atoms in total. The number of ether oxygens (including phenoxy) is 1. The fourth-order valence-electron chi connectivity index (χ4n) is 1.96. The monoisotopic (exact) mass is 256 g/mol. The van der Waals surface area contributed by atoms with Crippen LogP contribution in [0.5, 0.6) is 0 Å². The van der Waals surface area contributed by atoms with E-state index < -0.39 is 11.7 Å². The molecular formula is C15H16N2O2. The maximum Gasteiger partial charge on any atom is 0.419 e. The molecule has 0 bridgehead atoms. The zero-order valence-electron chi connectivity index (χ0n) is 11.5. The molecular weight excluding hydrogens is 240 g/mol. The summed E-state index contributed by atoms with van der Waals surface area (Å²) in [6, 6.07) is 9.25. The number of hydrogen-bond acceptors (Lipinski definition) is 3. The first-order valence-corrected chi connectivity index (χ1v) is 6.07. The van der Waals surface area contributed by atoms with Crippen LogP contribution in [0.4, 0.5) is 4.79 Å². The molecule has 0 fully saturated rings. The van der Waals surface area contributed by atoms with Crippen LogP contribution in [-0.2, 0) is 4.74 Å². The van der Waals surface area contributed by atoms with E-state index in [9.17, 15) is 4.79 Å². The molecule has 0 amide bonds. The molecule has 2 aromatic rings. The van der Waals surface area contributed by atoms with Crippen molar-refractivity contribution in [2.24, 2.45) is 0 Å². The summed E-state index contributed by atoms with van der Waals surface area (Å²) in [5.74, 6) is 0. The molecule has 4 heteroatoms. The molecule has 0 aliphatic heterocycles. The second-order valence-corrected chi connectivity index (χ2v) is 5.49. The Bertz CT molecular complexity index is 684. The van der Waals surface area contributed by atoms with E-state index in [0.29, 0.717) is 11.1 Å². The summed E-state index contributed by atoms with van der Waals surface area (Å²) in [6.45, 7) is 7.32. The molecule has 2 rings (SSSR count). The highest BCUT2D eigenvalue weighted by Gasteiger charge is 2.20. The number of carbonyl (C=O) groups excluding carboxylic acids is 1. The molecule has 0 saturated carbocycles. The van der Waals surface area contributed by atoms with Crippen molar-refractivity contribution in [2.45, 2.75) is 33.3 Å². The maximum atomic E-state index is 12.2. The zero-order chi connectivity index (χ0) is 14.2. The molecule has 98 valence electrons. The van der Waals surface area contributed by atoms with Crippen molar-refractivity contribution in [2.75, 3.05) is 0 Å². The molecule has 1 aromatic heterocycles. The van der Waals surface area contributed by atoms with Gasteiger partial charge in [-0.05, 0) is 45.9 Å². The van der Waals surface area contributed by atoms with Crippen LogP contribution < -0.4 is 0 Å². The number of carbonyl (C=O) groups is 1. The highest BCUT2D eigenvalue weighted by Crippen LogP contribution is 2.22. The van der Waals surface area contributed by atoms with E-state index in [0.717, 1.165) is 11.1 Å². The molecule has 0 unspecified atom stereocenters. The summed E-state index contributed by atoms with van der Waals surface area (Å²) in [5.41, 5.74) is 1.47. The van der Waals surface area contributed by atoms with Crippen LogP contribution in [0.25, 0.3) is 10.9 Å². The van der Waals surface area contributed by atoms with Gasteiger partial charge < -0.3 is 4.74 Å². The van der Waals surface area contributed by atoms with E-state index in [-0.39, 0.29) is 0 Å². The number of nitriles is 1. The number of hydrogen-bond donors (Lipinski definition) is 0. The summed E-state index contributed by atoms with van der Waals surface area (Å²) in [5, 5.41) is 9.86. The van der Waals surface area contributed by atoms with Gasteiger partial charge in [-0.25, -0.2) is 9.36 Å². The van der Waals surface area contributed by atoms with Crippen LogP contribution in [0.1, 0.15) is 32.0 Å². The predicted molar refractivity (Wildman–Crippen MR) is 73.0 cm³/mol. The lowest BCUT2D eigenvalue weighted by atomic mass is 10.2. The largest absolute Gasteiger partial charge is 0.443 e. The molecule has 0 atom stereocenters. The lowest BCUT2D eigenvalue weighted by Crippen LogP contribution is -2.27.